The van der Waals surface area contributed by atoms with Gasteiger partial charge in [0.2, 0.25) is 0 Å². The van der Waals surface area contributed by atoms with Crippen LogP contribution in [0.2, 0.25) is 0 Å². The first-order valence-corrected chi connectivity index (χ1v) is 7.19. The van der Waals surface area contributed by atoms with E-state index in [1.807, 2.05) is 0 Å². The highest BCUT2D eigenvalue weighted by Crippen LogP contribution is 2.32. The zero-order chi connectivity index (χ0) is 13.7. The first-order chi connectivity index (χ1) is 9.78. The molecule has 0 saturated heterocycles. The second kappa shape index (κ2) is 4.11. The van der Waals surface area contributed by atoms with Crippen molar-refractivity contribution in [2.45, 2.75) is 20.4 Å². The van der Waals surface area contributed by atoms with Crippen LogP contribution in [0, 0.1) is 6.92 Å². The Kier molecular flexibility index (Phi) is 2.37. The Hall–Kier alpha value is -2.28. The van der Waals surface area contributed by atoms with Crippen LogP contribution in [0.15, 0.2) is 54.6 Å². The summed E-state index contributed by atoms with van der Waals surface area (Å²) in [6.07, 6.45) is 0. The van der Waals surface area contributed by atoms with E-state index in [4.69, 9.17) is 0 Å². The molecular formula is C19H17N. The normalized spacial score (nSPS) is 11.7. The van der Waals surface area contributed by atoms with Crippen LogP contribution in [0.25, 0.3) is 32.6 Å². The number of hydrogen-bond acceptors (Lipinski definition) is 0. The molecule has 0 unspecified atom stereocenters. The van der Waals surface area contributed by atoms with Crippen LogP contribution in [0.4, 0.5) is 0 Å². The van der Waals surface area contributed by atoms with Gasteiger partial charge in [0.15, 0.2) is 0 Å². The molecule has 0 aliphatic carbocycles. The summed E-state index contributed by atoms with van der Waals surface area (Å²) in [5.41, 5.74) is 4.00. The van der Waals surface area contributed by atoms with Crippen molar-refractivity contribution < 1.29 is 0 Å². The SMILES string of the molecule is CCn1c2ccc(C)cc2c2cc3ccccc3cc21. The van der Waals surface area contributed by atoms with Crippen molar-refractivity contribution in [2.75, 3.05) is 0 Å². The van der Waals surface area contributed by atoms with Gasteiger partial charge in [-0.15, -0.1) is 0 Å². The van der Waals surface area contributed by atoms with E-state index in [0.29, 0.717) is 0 Å². The van der Waals surface area contributed by atoms with Crippen LogP contribution in [-0.4, -0.2) is 4.57 Å². The highest BCUT2D eigenvalue weighted by Gasteiger charge is 2.10. The lowest BCUT2D eigenvalue weighted by atomic mass is 10.1. The highest BCUT2D eigenvalue weighted by atomic mass is 15.0. The summed E-state index contributed by atoms with van der Waals surface area (Å²) in [5.74, 6) is 0. The lowest BCUT2D eigenvalue weighted by molar-refractivity contribution is 0.827. The molecule has 0 aliphatic rings. The third kappa shape index (κ3) is 1.50. The van der Waals surface area contributed by atoms with Crippen molar-refractivity contribution in [1.29, 1.82) is 0 Å². The molecule has 1 nitrogen and oxygen atoms in total. The van der Waals surface area contributed by atoms with Crippen molar-refractivity contribution in [3.05, 3.63) is 60.2 Å². The van der Waals surface area contributed by atoms with E-state index < -0.39 is 0 Å². The van der Waals surface area contributed by atoms with Gasteiger partial charge in [-0.3, -0.25) is 0 Å². The summed E-state index contributed by atoms with van der Waals surface area (Å²) in [4.78, 5) is 0. The van der Waals surface area contributed by atoms with Gasteiger partial charge in [0.05, 0.1) is 0 Å². The average molecular weight is 259 g/mol. The molecule has 1 aromatic heterocycles. The standard InChI is InChI=1S/C19H17N/c1-3-20-18-9-8-13(2)10-16(18)17-11-14-6-4-5-7-15(14)12-19(17)20/h4-12H,3H2,1-2H3. The van der Waals surface area contributed by atoms with Crippen LogP contribution in [0.5, 0.6) is 0 Å². The van der Waals surface area contributed by atoms with Crippen LogP contribution >= 0.6 is 0 Å². The molecule has 3 aromatic carbocycles. The van der Waals surface area contributed by atoms with Crippen molar-refractivity contribution in [1.82, 2.24) is 4.57 Å². The van der Waals surface area contributed by atoms with E-state index in [9.17, 15) is 0 Å². The maximum absolute atomic E-state index is 2.41. The zero-order valence-electron chi connectivity index (χ0n) is 11.9. The molecule has 1 heteroatoms. The summed E-state index contributed by atoms with van der Waals surface area (Å²) in [6, 6.07) is 20.0. The number of benzene rings is 3. The molecular weight excluding hydrogens is 242 g/mol. The lowest BCUT2D eigenvalue weighted by Gasteiger charge is -2.04. The Morgan fingerprint density at radius 2 is 1.50 bits per heavy atom. The van der Waals surface area contributed by atoms with Crippen LogP contribution in [0.3, 0.4) is 0 Å². The average Bonchev–Trinajstić information content (AvgIpc) is 2.77. The van der Waals surface area contributed by atoms with E-state index in [0.717, 1.165) is 6.54 Å². The Balaban J connectivity index is 2.28. The van der Waals surface area contributed by atoms with E-state index in [2.05, 4.69) is 73.0 Å². The first-order valence-electron chi connectivity index (χ1n) is 7.19. The number of nitrogens with zero attached hydrogens (tertiary/aromatic N) is 1. The molecule has 98 valence electrons. The van der Waals surface area contributed by atoms with Crippen LogP contribution < -0.4 is 0 Å². The first kappa shape index (κ1) is 11.5. The molecule has 0 amide bonds. The fourth-order valence-electron chi connectivity index (χ4n) is 3.24. The molecule has 0 saturated carbocycles. The topological polar surface area (TPSA) is 4.93 Å². The summed E-state index contributed by atoms with van der Waals surface area (Å²) >= 11 is 0. The Bertz CT molecular complexity index is 944. The predicted molar refractivity (Wildman–Crippen MR) is 87.4 cm³/mol. The summed E-state index contributed by atoms with van der Waals surface area (Å²) in [5, 5.41) is 5.36. The fourth-order valence-corrected chi connectivity index (χ4v) is 3.24. The van der Waals surface area contributed by atoms with Crippen molar-refractivity contribution >= 4 is 32.6 Å². The van der Waals surface area contributed by atoms with Gasteiger partial charge in [0.1, 0.15) is 0 Å². The number of rotatable bonds is 1. The van der Waals surface area contributed by atoms with Crippen LogP contribution in [-0.2, 0) is 6.54 Å². The molecule has 0 spiro atoms. The van der Waals surface area contributed by atoms with E-state index in [1.165, 1.54) is 38.1 Å². The molecule has 4 rings (SSSR count). The fraction of sp³-hybridized carbons (Fsp3) is 0.158. The number of aromatic nitrogens is 1. The molecule has 0 radical (unpaired) electrons. The third-order valence-electron chi connectivity index (χ3n) is 4.20. The van der Waals surface area contributed by atoms with Crippen LogP contribution in [0.1, 0.15) is 12.5 Å². The molecule has 0 fully saturated rings. The van der Waals surface area contributed by atoms with Gasteiger partial charge in [-0.25, -0.2) is 0 Å². The largest absolute Gasteiger partial charge is 0.341 e. The van der Waals surface area contributed by atoms with Gasteiger partial charge in [-0.05, 0) is 48.9 Å². The third-order valence-corrected chi connectivity index (χ3v) is 4.20. The predicted octanol–water partition coefficient (Wildman–Crippen LogP) is 5.28. The molecule has 1 heterocycles. The molecule has 0 aliphatic heterocycles. The Morgan fingerprint density at radius 1 is 0.800 bits per heavy atom. The van der Waals surface area contributed by atoms with Gasteiger partial charge in [0.25, 0.3) is 0 Å². The summed E-state index contributed by atoms with van der Waals surface area (Å²) < 4.78 is 2.41. The second-order valence-corrected chi connectivity index (χ2v) is 5.48. The second-order valence-electron chi connectivity index (χ2n) is 5.48. The minimum absolute atomic E-state index is 1.00. The quantitative estimate of drug-likeness (QED) is 0.438. The molecule has 20 heavy (non-hydrogen) atoms. The maximum Gasteiger partial charge on any atom is 0.0497 e. The van der Waals surface area contributed by atoms with Gasteiger partial charge < -0.3 is 4.57 Å². The number of fused-ring (bicyclic) bond motifs is 4. The van der Waals surface area contributed by atoms with Crippen molar-refractivity contribution in [3.8, 4) is 0 Å². The smallest absolute Gasteiger partial charge is 0.0497 e. The van der Waals surface area contributed by atoms with Crippen molar-refractivity contribution in [2.24, 2.45) is 0 Å². The summed E-state index contributed by atoms with van der Waals surface area (Å²) in [7, 11) is 0. The molecule has 4 aromatic rings. The minimum atomic E-state index is 1.00. The van der Waals surface area contributed by atoms with E-state index >= 15 is 0 Å². The van der Waals surface area contributed by atoms with Gasteiger partial charge in [-0.2, -0.15) is 0 Å². The minimum Gasteiger partial charge on any atom is -0.341 e. The van der Waals surface area contributed by atoms with Gasteiger partial charge in [0, 0.05) is 28.4 Å². The summed E-state index contributed by atoms with van der Waals surface area (Å²) in [6.45, 7) is 5.38. The number of aryl methyl sites for hydroxylation is 2. The Labute approximate surface area is 118 Å². The van der Waals surface area contributed by atoms with Crippen molar-refractivity contribution in [3.63, 3.8) is 0 Å². The zero-order valence-corrected chi connectivity index (χ0v) is 11.9. The van der Waals surface area contributed by atoms with Gasteiger partial charge in [-0.1, -0.05) is 35.9 Å². The highest BCUT2D eigenvalue weighted by molar-refractivity contribution is 6.12. The number of hydrogen-bond donors (Lipinski definition) is 0. The Morgan fingerprint density at radius 3 is 2.25 bits per heavy atom. The van der Waals surface area contributed by atoms with Gasteiger partial charge >= 0.3 is 0 Å². The molecule has 0 N–H and O–H groups in total. The van der Waals surface area contributed by atoms with E-state index in [-0.39, 0.29) is 0 Å². The molecule has 0 atom stereocenters. The van der Waals surface area contributed by atoms with E-state index in [1.54, 1.807) is 0 Å². The lowest BCUT2D eigenvalue weighted by Crippen LogP contribution is -1.92. The maximum atomic E-state index is 2.41. The molecule has 0 bridgehead atoms. The monoisotopic (exact) mass is 259 g/mol.